The van der Waals surface area contributed by atoms with Crippen molar-refractivity contribution in [2.75, 3.05) is 0 Å². The molecule has 0 saturated carbocycles. The van der Waals surface area contributed by atoms with Crippen LogP contribution in [-0.2, 0) is 9.53 Å². The van der Waals surface area contributed by atoms with E-state index in [1.807, 2.05) is 43.3 Å². The van der Waals surface area contributed by atoms with E-state index in [0.717, 1.165) is 35.6 Å². The molecule has 0 bridgehead atoms. The fourth-order valence-electron chi connectivity index (χ4n) is 3.24. The second kappa shape index (κ2) is 7.47. The fourth-order valence-corrected chi connectivity index (χ4v) is 3.24. The zero-order chi connectivity index (χ0) is 19.6. The summed E-state index contributed by atoms with van der Waals surface area (Å²) in [5.41, 5.74) is 2.43. The summed E-state index contributed by atoms with van der Waals surface area (Å²) >= 11 is 0. The predicted molar refractivity (Wildman–Crippen MR) is 95.7 cm³/mol. The van der Waals surface area contributed by atoms with Crippen molar-refractivity contribution in [3.63, 3.8) is 0 Å². The SMILES string of the molecule is CCCC1=CC2=C(CC1=Cc1ccccc1)OC(C(F)(F)F)C(C(=O)O)=C2. The van der Waals surface area contributed by atoms with Crippen LogP contribution in [0.1, 0.15) is 31.7 Å². The number of carboxylic acids is 1. The van der Waals surface area contributed by atoms with Gasteiger partial charge < -0.3 is 9.84 Å². The maximum atomic E-state index is 13.3. The average Bonchev–Trinajstić information content (AvgIpc) is 2.61. The summed E-state index contributed by atoms with van der Waals surface area (Å²) in [5.74, 6) is -1.47. The molecule has 1 unspecified atom stereocenters. The molecule has 3 rings (SSSR count). The van der Waals surface area contributed by atoms with Gasteiger partial charge in [0, 0.05) is 12.0 Å². The molecule has 0 spiro atoms. The van der Waals surface area contributed by atoms with Crippen molar-refractivity contribution in [3.05, 3.63) is 76.1 Å². The molecule has 0 fully saturated rings. The number of carbonyl (C=O) groups is 1. The second-order valence-corrected chi connectivity index (χ2v) is 6.50. The highest BCUT2D eigenvalue weighted by Crippen LogP contribution is 2.41. The lowest BCUT2D eigenvalue weighted by Gasteiger charge is -2.31. The van der Waals surface area contributed by atoms with Gasteiger partial charge in [-0.25, -0.2) is 4.79 Å². The summed E-state index contributed by atoms with van der Waals surface area (Å²) in [6, 6.07) is 9.51. The molecule has 6 heteroatoms. The smallest absolute Gasteiger partial charge is 0.429 e. The van der Waals surface area contributed by atoms with E-state index >= 15 is 0 Å². The Morgan fingerprint density at radius 2 is 1.96 bits per heavy atom. The Labute approximate surface area is 155 Å². The number of benzene rings is 1. The maximum absolute atomic E-state index is 13.3. The quantitative estimate of drug-likeness (QED) is 0.763. The Bertz CT molecular complexity index is 858. The van der Waals surface area contributed by atoms with Crippen molar-refractivity contribution in [2.45, 2.75) is 38.5 Å². The predicted octanol–water partition coefficient (Wildman–Crippen LogP) is 5.43. The van der Waals surface area contributed by atoms with Crippen molar-refractivity contribution in [1.82, 2.24) is 0 Å². The standard InChI is InChI=1S/C21H19F3O3/c1-2-6-14-10-16-11-17(20(25)26)19(21(22,23)24)27-18(16)12-15(14)9-13-7-4-3-5-8-13/h3-5,7-11,19H,2,6,12H2,1H3,(H,25,26). The molecule has 27 heavy (non-hydrogen) atoms. The maximum Gasteiger partial charge on any atom is 0.429 e. The highest BCUT2D eigenvalue weighted by atomic mass is 19.4. The molecule has 142 valence electrons. The van der Waals surface area contributed by atoms with Crippen molar-refractivity contribution >= 4 is 12.0 Å². The van der Waals surface area contributed by atoms with Gasteiger partial charge >= 0.3 is 12.1 Å². The first-order valence-corrected chi connectivity index (χ1v) is 8.67. The largest absolute Gasteiger partial charge is 0.479 e. The normalized spacial score (nSPS) is 21.3. The van der Waals surface area contributed by atoms with E-state index in [1.54, 1.807) is 6.08 Å². The van der Waals surface area contributed by atoms with Gasteiger partial charge in [-0.05, 0) is 35.3 Å². The van der Waals surface area contributed by atoms with Crippen molar-refractivity contribution in [3.8, 4) is 0 Å². The molecule has 0 amide bonds. The van der Waals surface area contributed by atoms with E-state index in [-0.39, 0.29) is 12.2 Å². The third-order valence-corrected chi connectivity index (χ3v) is 4.47. The van der Waals surface area contributed by atoms with E-state index in [4.69, 9.17) is 4.74 Å². The summed E-state index contributed by atoms with van der Waals surface area (Å²) in [6.45, 7) is 2.01. The Hall–Kier alpha value is -2.76. The van der Waals surface area contributed by atoms with Crippen LogP contribution in [0.5, 0.6) is 0 Å². The highest BCUT2D eigenvalue weighted by molar-refractivity contribution is 5.89. The number of alkyl halides is 3. The van der Waals surface area contributed by atoms with Gasteiger partial charge in [0.2, 0.25) is 6.10 Å². The van der Waals surface area contributed by atoms with Gasteiger partial charge in [-0.1, -0.05) is 49.8 Å². The van der Waals surface area contributed by atoms with Gasteiger partial charge in [0.05, 0.1) is 5.57 Å². The summed E-state index contributed by atoms with van der Waals surface area (Å²) < 4.78 is 45.0. The Morgan fingerprint density at radius 3 is 2.56 bits per heavy atom. The van der Waals surface area contributed by atoms with Crippen LogP contribution in [0.4, 0.5) is 13.2 Å². The molecule has 1 atom stereocenters. The minimum absolute atomic E-state index is 0.157. The first-order valence-electron chi connectivity index (χ1n) is 8.67. The molecule has 1 aromatic carbocycles. The van der Waals surface area contributed by atoms with Gasteiger partial charge in [-0.3, -0.25) is 0 Å². The summed E-state index contributed by atoms with van der Waals surface area (Å²) in [5, 5.41) is 9.18. The van der Waals surface area contributed by atoms with Crippen LogP contribution in [0.3, 0.4) is 0 Å². The third-order valence-electron chi connectivity index (χ3n) is 4.47. The van der Waals surface area contributed by atoms with Crippen molar-refractivity contribution in [2.24, 2.45) is 0 Å². The molecule has 2 aliphatic rings. The highest BCUT2D eigenvalue weighted by Gasteiger charge is 2.49. The van der Waals surface area contributed by atoms with Crippen molar-refractivity contribution < 1.29 is 27.8 Å². The van der Waals surface area contributed by atoms with Crippen LogP contribution in [0.2, 0.25) is 0 Å². The van der Waals surface area contributed by atoms with Crippen LogP contribution in [-0.4, -0.2) is 23.4 Å². The summed E-state index contributed by atoms with van der Waals surface area (Å²) in [4.78, 5) is 11.3. The van der Waals surface area contributed by atoms with Gasteiger partial charge in [-0.2, -0.15) is 13.2 Å². The van der Waals surface area contributed by atoms with Crippen LogP contribution in [0.15, 0.2) is 70.5 Å². The Kier molecular flexibility index (Phi) is 5.26. The molecule has 1 aliphatic carbocycles. The molecule has 1 heterocycles. The summed E-state index contributed by atoms with van der Waals surface area (Å²) in [7, 11) is 0. The average molecular weight is 376 g/mol. The van der Waals surface area contributed by atoms with E-state index in [9.17, 15) is 23.1 Å². The summed E-state index contributed by atoms with van der Waals surface area (Å²) in [6.07, 6.45) is -0.663. The second-order valence-electron chi connectivity index (χ2n) is 6.50. The topological polar surface area (TPSA) is 46.5 Å². The minimum Gasteiger partial charge on any atom is -0.479 e. The molecule has 1 N–H and O–H groups in total. The molecule has 1 aliphatic heterocycles. The molecule has 3 nitrogen and oxygen atoms in total. The zero-order valence-corrected chi connectivity index (χ0v) is 14.7. The van der Waals surface area contributed by atoms with Crippen LogP contribution in [0.25, 0.3) is 6.08 Å². The van der Waals surface area contributed by atoms with Gasteiger partial charge in [0.1, 0.15) is 5.76 Å². The first kappa shape index (κ1) is 19.0. The van der Waals surface area contributed by atoms with E-state index < -0.39 is 23.8 Å². The molecular formula is C21H19F3O3. The molecule has 0 saturated heterocycles. The number of aliphatic carboxylic acids is 1. The Morgan fingerprint density at radius 1 is 1.26 bits per heavy atom. The van der Waals surface area contributed by atoms with Crippen LogP contribution in [0, 0.1) is 0 Å². The molecule has 0 radical (unpaired) electrons. The molecule has 0 aromatic heterocycles. The van der Waals surface area contributed by atoms with Gasteiger partial charge in [-0.15, -0.1) is 0 Å². The monoisotopic (exact) mass is 376 g/mol. The number of hydrogen-bond acceptors (Lipinski definition) is 2. The Balaban J connectivity index is 2.02. The number of allylic oxidation sites excluding steroid dienone is 5. The molecule has 1 aromatic rings. The lowest BCUT2D eigenvalue weighted by molar-refractivity contribution is -0.201. The van der Waals surface area contributed by atoms with Gasteiger partial charge in [0.25, 0.3) is 0 Å². The van der Waals surface area contributed by atoms with Crippen LogP contribution >= 0.6 is 0 Å². The number of halogens is 3. The van der Waals surface area contributed by atoms with Crippen LogP contribution < -0.4 is 0 Å². The number of hydrogen-bond donors (Lipinski definition) is 1. The van der Waals surface area contributed by atoms with E-state index in [2.05, 4.69) is 0 Å². The number of rotatable bonds is 4. The first-order chi connectivity index (χ1) is 12.8. The molecular weight excluding hydrogens is 357 g/mol. The lowest BCUT2D eigenvalue weighted by atomic mass is 9.86. The third kappa shape index (κ3) is 4.15. The van der Waals surface area contributed by atoms with Gasteiger partial charge in [0.15, 0.2) is 0 Å². The van der Waals surface area contributed by atoms with Crippen molar-refractivity contribution in [1.29, 1.82) is 0 Å². The lowest BCUT2D eigenvalue weighted by Crippen LogP contribution is -2.38. The number of ether oxygens (including phenoxy) is 1. The van der Waals surface area contributed by atoms with E-state index in [1.165, 1.54) is 0 Å². The zero-order valence-electron chi connectivity index (χ0n) is 14.7. The minimum atomic E-state index is -4.79. The van der Waals surface area contributed by atoms with E-state index in [0.29, 0.717) is 5.57 Å². The fraction of sp³-hybridized carbons (Fsp3) is 0.286. The number of carboxylic acid groups (broad SMARTS) is 1.